The summed E-state index contributed by atoms with van der Waals surface area (Å²) in [4.78, 5) is 9.56. The van der Waals surface area contributed by atoms with Crippen molar-refractivity contribution in [3.05, 3.63) is 41.0 Å². The molecular formula is C27H43N5. The SMILES string of the molecule is CCCCCCCCc1c(-c2ccc(C)cc2)nc(=NC)n(NC)c1NC1CCCCC1. The molecule has 32 heavy (non-hydrogen) atoms. The second-order valence-corrected chi connectivity index (χ2v) is 9.23. The fourth-order valence-corrected chi connectivity index (χ4v) is 4.79. The van der Waals surface area contributed by atoms with Crippen LogP contribution in [-0.2, 0) is 6.42 Å². The number of anilines is 1. The summed E-state index contributed by atoms with van der Waals surface area (Å²) < 4.78 is 2.05. The first-order chi connectivity index (χ1) is 15.7. The van der Waals surface area contributed by atoms with Crippen LogP contribution >= 0.6 is 0 Å². The number of nitrogens with zero attached hydrogens (tertiary/aromatic N) is 3. The molecule has 0 aliphatic heterocycles. The summed E-state index contributed by atoms with van der Waals surface area (Å²) >= 11 is 0. The Balaban J connectivity index is 2.01. The number of unbranched alkanes of at least 4 members (excludes halogenated alkanes) is 5. The Labute approximate surface area is 194 Å². The van der Waals surface area contributed by atoms with Gasteiger partial charge in [-0.2, -0.15) is 0 Å². The molecule has 1 fully saturated rings. The number of nitrogens with one attached hydrogen (secondary N) is 2. The number of aromatic nitrogens is 2. The molecule has 0 bridgehead atoms. The summed E-state index contributed by atoms with van der Waals surface area (Å²) in [6.07, 6.45) is 15.2. The summed E-state index contributed by atoms with van der Waals surface area (Å²) in [5, 5.41) is 3.93. The fraction of sp³-hybridized carbons (Fsp3) is 0.630. The van der Waals surface area contributed by atoms with Crippen LogP contribution < -0.4 is 16.4 Å². The predicted octanol–water partition coefficient (Wildman–Crippen LogP) is 6.21. The molecule has 1 aliphatic carbocycles. The molecule has 5 heteroatoms. The normalized spacial score (nSPS) is 15.2. The second kappa shape index (κ2) is 12.7. The van der Waals surface area contributed by atoms with Crippen LogP contribution in [0.15, 0.2) is 29.3 Å². The average Bonchev–Trinajstić information content (AvgIpc) is 2.82. The Morgan fingerprint density at radius 3 is 2.34 bits per heavy atom. The van der Waals surface area contributed by atoms with Gasteiger partial charge < -0.3 is 10.7 Å². The summed E-state index contributed by atoms with van der Waals surface area (Å²) in [5.74, 6) is 1.15. The lowest BCUT2D eigenvalue weighted by Crippen LogP contribution is -2.36. The third kappa shape index (κ3) is 6.36. The van der Waals surface area contributed by atoms with E-state index in [1.54, 1.807) is 0 Å². The molecule has 1 saturated carbocycles. The standard InChI is InChI=1S/C27H43N5/c1-5-6-7-8-9-13-16-24-25(22-19-17-21(2)18-20-22)31-27(28-3)32(29-4)26(24)30-23-14-11-10-12-15-23/h17-20,23,29-30H,5-16H2,1-4H3. The topological polar surface area (TPSA) is 54.2 Å². The molecule has 0 spiro atoms. The summed E-state index contributed by atoms with van der Waals surface area (Å²) in [5.41, 5.74) is 8.90. The minimum absolute atomic E-state index is 0.518. The highest BCUT2D eigenvalue weighted by atomic mass is 15.5. The van der Waals surface area contributed by atoms with Crippen molar-refractivity contribution in [1.29, 1.82) is 0 Å². The third-order valence-electron chi connectivity index (χ3n) is 6.68. The molecule has 2 N–H and O–H groups in total. The van der Waals surface area contributed by atoms with Gasteiger partial charge in [-0.1, -0.05) is 88.1 Å². The zero-order valence-electron chi connectivity index (χ0n) is 20.7. The van der Waals surface area contributed by atoms with Crippen molar-refractivity contribution in [2.75, 3.05) is 24.8 Å². The van der Waals surface area contributed by atoms with Crippen molar-refractivity contribution < 1.29 is 0 Å². The van der Waals surface area contributed by atoms with Crippen molar-refractivity contribution in [3.63, 3.8) is 0 Å². The van der Waals surface area contributed by atoms with E-state index in [4.69, 9.17) is 4.98 Å². The highest BCUT2D eigenvalue weighted by molar-refractivity contribution is 5.69. The van der Waals surface area contributed by atoms with Gasteiger partial charge in [0.05, 0.1) is 5.69 Å². The van der Waals surface area contributed by atoms with Crippen LogP contribution in [-0.4, -0.2) is 29.8 Å². The molecule has 0 amide bonds. The van der Waals surface area contributed by atoms with Gasteiger partial charge in [-0.15, -0.1) is 0 Å². The Kier molecular flexibility index (Phi) is 9.63. The minimum atomic E-state index is 0.518. The van der Waals surface area contributed by atoms with Crippen molar-refractivity contribution >= 4 is 5.82 Å². The fourth-order valence-electron chi connectivity index (χ4n) is 4.79. The van der Waals surface area contributed by atoms with Crippen LogP contribution in [0.25, 0.3) is 11.3 Å². The molecule has 0 atom stereocenters. The van der Waals surface area contributed by atoms with E-state index in [9.17, 15) is 0 Å². The molecule has 1 heterocycles. The molecule has 2 aromatic rings. The molecule has 1 aromatic carbocycles. The van der Waals surface area contributed by atoms with Gasteiger partial charge in [0.25, 0.3) is 0 Å². The monoisotopic (exact) mass is 437 g/mol. The summed E-state index contributed by atoms with van der Waals surface area (Å²) in [6, 6.07) is 9.29. The Morgan fingerprint density at radius 2 is 1.69 bits per heavy atom. The first-order valence-electron chi connectivity index (χ1n) is 12.8. The zero-order chi connectivity index (χ0) is 22.8. The molecule has 0 unspecified atom stereocenters. The quantitative estimate of drug-likeness (QED) is 0.411. The number of aryl methyl sites for hydroxylation is 1. The van der Waals surface area contributed by atoms with Crippen LogP contribution in [0.4, 0.5) is 5.82 Å². The number of hydrogen-bond donors (Lipinski definition) is 2. The average molecular weight is 438 g/mol. The van der Waals surface area contributed by atoms with Crippen molar-refractivity contribution in [2.45, 2.75) is 96.9 Å². The molecular weight excluding hydrogens is 394 g/mol. The Morgan fingerprint density at radius 1 is 1.00 bits per heavy atom. The van der Waals surface area contributed by atoms with E-state index >= 15 is 0 Å². The van der Waals surface area contributed by atoms with Crippen LogP contribution in [0.2, 0.25) is 0 Å². The molecule has 1 aromatic heterocycles. The third-order valence-corrected chi connectivity index (χ3v) is 6.68. The van der Waals surface area contributed by atoms with Gasteiger partial charge >= 0.3 is 0 Å². The van der Waals surface area contributed by atoms with Gasteiger partial charge in [-0.05, 0) is 32.6 Å². The maximum Gasteiger partial charge on any atom is 0.245 e. The zero-order valence-corrected chi connectivity index (χ0v) is 20.7. The maximum atomic E-state index is 5.04. The number of hydrogen-bond acceptors (Lipinski definition) is 4. The largest absolute Gasteiger partial charge is 0.367 e. The van der Waals surface area contributed by atoms with E-state index < -0.39 is 0 Å². The Hall–Kier alpha value is -2.30. The lowest BCUT2D eigenvalue weighted by Gasteiger charge is -2.28. The number of rotatable bonds is 11. The van der Waals surface area contributed by atoms with Crippen LogP contribution in [0.5, 0.6) is 0 Å². The minimum Gasteiger partial charge on any atom is -0.367 e. The molecule has 1 aliphatic rings. The predicted molar refractivity (Wildman–Crippen MR) is 137 cm³/mol. The van der Waals surface area contributed by atoms with Crippen molar-refractivity contribution in [3.8, 4) is 11.3 Å². The highest BCUT2D eigenvalue weighted by Crippen LogP contribution is 2.30. The van der Waals surface area contributed by atoms with E-state index in [-0.39, 0.29) is 0 Å². The van der Waals surface area contributed by atoms with Crippen molar-refractivity contribution in [2.24, 2.45) is 4.99 Å². The lowest BCUT2D eigenvalue weighted by atomic mass is 9.94. The van der Waals surface area contributed by atoms with E-state index in [0.717, 1.165) is 17.9 Å². The molecule has 176 valence electrons. The second-order valence-electron chi connectivity index (χ2n) is 9.23. The van der Waals surface area contributed by atoms with Gasteiger partial charge in [0.15, 0.2) is 0 Å². The molecule has 0 saturated heterocycles. The van der Waals surface area contributed by atoms with Gasteiger partial charge in [-0.3, -0.25) is 4.99 Å². The highest BCUT2D eigenvalue weighted by Gasteiger charge is 2.21. The lowest BCUT2D eigenvalue weighted by molar-refractivity contribution is 0.459. The van der Waals surface area contributed by atoms with Crippen LogP contribution in [0, 0.1) is 6.92 Å². The van der Waals surface area contributed by atoms with Gasteiger partial charge in [0.2, 0.25) is 5.62 Å². The summed E-state index contributed by atoms with van der Waals surface area (Å²) in [6.45, 7) is 4.41. The van der Waals surface area contributed by atoms with E-state index in [1.165, 1.54) is 87.3 Å². The first-order valence-corrected chi connectivity index (χ1v) is 12.8. The summed E-state index contributed by atoms with van der Waals surface area (Å²) in [7, 11) is 3.79. The van der Waals surface area contributed by atoms with E-state index in [2.05, 4.69) is 58.5 Å². The van der Waals surface area contributed by atoms with Gasteiger partial charge in [0.1, 0.15) is 5.82 Å². The number of benzene rings is 1. The van der Waals surface area contributed by atoms with Crippen molar-refractivity contribution in [1.82, 2.24) is 9.66 Å². The maximum absolute atomic E-state index is 5.04. The van der Waals surface area contributed by atoms with Crippen LogP contribution in [0.3, 0.4) is 0 Å². The smallest absolute Gasteiger partial charge is 0.245 e. The molecule has 0 radical (unpaired) electrons. The van der Waals surface area contributed by atoms with E-state index in [1.807, 2.05) is 14.1 Å². The van der Waals surface area contributed by atoms with Gasteiger partial charge in [0, 0.05) is 31.3 Å². The van der Waals surface area contributed by atoms with Gasteiger partial charge in [-0.25, -0.2) is 9.66 Å². The Bertz CT molecular complexity index is 891. The first kappa shape index (κ1) is 24.3. The molecule has 5 nitrogen and oxygen atoms in total. The van der Waals surface area contributed by atoms with Crippen LogP contribution in [0.1, 0.15) is 88.7 Å². The molecule has 3 rings (SSSR count). The van der Waals surface area contributed by atoms with E-state index in [0.29, 0.717) is 11.7 Å².